The van der Waals surface area contributed by atoms with Gasteiger partial charge in [-0.15, -0.1) is 12.4 Å². The molecule has 2 rings (SSSR count). The van der Waals surface area contributed by atoms with Crippen molar-refractivity contribution in [1.82, 2.24) is 19.9 Å². The maximum absolute atomic E-state index is 12.2. The van der Waals surface area contributed by atoms with Gasteiger partial charge in [-0.05, 0) is 25.5 Å². The van der Waals surface area contributed by atoms with Crippen LogP contribution in [-0.2, 0) is 17.1 Å². The second kappa shape index (κ2) is 7.26. The van der Waals surface area contributed by atoms with Crippen molar-refractivity contribution < 1.29 is 13.2 Å². The van der Waals surface area contributed by atoms with Gasteiger partial charge in [0, 0.05) is 32.9 Å². The minimum Gasteiger partial charge on any atom is -0.354 e. The lowest BCUT2D eigenvalue weighted by Gasteiger charge is -2.10. The van der Waals surface area contributed by atoms with Crippen molar-refractivity contribution in [3.63, 3.8) is 0 Å². The van der Waals surface area contributed by atoms with Crippen LogP contribution >= 0.6 is 12.4 Å². The number of halogens is 1. The number of nitrogens with zero attached hydrogens (tertiary/aromatic N) is 1. The Morgan fingerprint density at radius 1 is 1.52 bits per heavy atom. The molecule has 0 aromatic carbocycles. The van der Waals surface area contributed by atoms with Crippen molar-refractivity contribution in [2.24, 2.45) is 7.05 Å². The zero-order chi connectivity index (χ0) is 14.8. The van der Waals surface area contributed by atoms with Crippen LogP contribution in [-0.4, -0.2) is 45.1 Å². The van der Waals surface area contributed by atoms with Gasteiger partial charge in [-0.3, -0.25) is 4.79 Å². The van der Waals surface area contributed by atoms with E-state index in [2.05, 4.69) is 15.4 Å². The lowest BCUT2D eigenvalue weighted by Crippen LogP contribution is -2.37. The first-order chi connectivity index (χ1) is 9.44. The molecular formula is C12H21ClN4O3S. The van der Waals surface area contributed by atoms with Gasteiger partial charge in [0.1, 0.15) is 10.6 Å². The van der Waals surface area contributed by atoms with Crippen molar-refractivity contribution in [3.8, 4) is 0 Å². The molecular weight excluding hydrogens is 316 g/mol. The fraction of sp³-hybridized carbons (Fsp3) is 0.583. The first kappa shape index (κ1) is 18.0. The maximum Gasteiger partial charge on any atom is 0.267 e. The number of aromatic nitrogens is 1. The second-order valence-corrected chi connectivity index (χ2v) is 6.66. The Hall–Kier alpha value is -1.09. The Bertz CT molecular complexity index is 594. The summed E-state index contributed by atoms with van der Waals surface area (Å²) < 4.78 is 28.4. The van der Waals surface area contributed by atoms with E-state index in [1.54, 1.807) is 7.05 Å². The van der Waals surface area contributed by atoms with Gasteiger partial charge in [-0.2, -0.15) is 0 Å². The number of hydrogen-bond donors (Lipinski definition) is 3. The zero-order valence-corrected chi connectivity index (χ0v) is 13.7. The summed E-state index contributed by atoms with van der Waals surface area (Å²) in [4.78, 5) is 11.7. The van der Waals surface area contributed by atoms with Gasteiger partial charge in [0.2, 0.25) is 10.0 Å². The minimum absolute atomic E-state index is 0. The smallest absolute Gasteiger partial charge is 0.267 e. The fourth-order valence-electron chi connectivity index (χ4n) is 2.26. The molecule has 1 atom stereocenters. The number of sulfonamides is 1. The fourth-order valence-corrected chi connectivity index (χ4v) is 3.41. The molecule has 3 N–H and O–H groups in total. The van der Waals surface area contributed by atoms with E-state index < -0.39 is 10.0 Å². The van der Waals surface area contributed by atoms with Crippen LogP contribution in [0, 0.1) is 0 Å². The quantitative estimate of drug-likeness (QED) is 0.696. The van der Waals surface area contributed by atoms with E-state index in [9.17, 15) is 13.2 Å². The third-order valence-electron chi connectivity index (χ3n) is 3.43. The van der Waals surface area contributed by atoms with Crippen molar-refractivity contribution in [2.75, 3.05) is 20.1 Å². The monoisotopic (exact) mass is 336 g/mol. The average Bonchev–Trinajstić information content (AvgIpc) is 3.05. The Morgan fingerprint density at radius 3 is 2.81 bits per heavy atom. The van der Waals surface area contributed by atoms with Gasteiger partial charge in [0.05, 0.1) is 0 Å². The van der Waals surface area contributed by atoms with E-state index in [0.717, 1.165) is 19.4 Å². The molecule has 1 saturated heterocycles. The summed E-state index contributed by atoms with van der Waals surface area (Å²) in [6.45, 7) is 1.30. The predicted octanol–water partition coefficient (Wildman–Crippen LogP) is -0.163. The highest BCUT2D eigenvalue weighted by molar-refractivity contribution is 7.89. The summed E-state index contributed by atoms with van der Waals surface area (Å²) in [7, 11) is -0.434. The molecule has 21 heavy (non-hydrogen) atoms. The predicted molar refractivity (Wildman–Crippen MR) is 82.3 cm³/mol. The highest BCUT2D eigenvalue weighted by Crippen LogP contribution is 2.14. The molecule has 1 aliphatic rings. The van der Waals surface area contributed by atoms with E-state index in [0.29, 0.717) is 12.2 Å². The summed E-state index contributed by atoms with van der Waals surface area (Å²) >= 11 is 0. The number of nitrogens with one attached hydrogen (secondary N) is 3. The molecule has 0 bridgehead atoms. The van der Waals surface area contributed by atoms with Gasteiger partial charge < -0.3 is 15.2 Å². The number of carbonyl (C=O) groups excluding carboxylic acids is 1. The van der Waals surface area contributed by atoms with Gasteiger partial charge >= 0.3 is 0 Å². The van der Waals surface area contributed by atoms with Crippen LogP contribution in [0.3, 0.4) is 0 Å². The van der Waals surface area contributed by atoms with Crippen LogP contribution in [0.2, 0.25) is 0 Å². The van der Waals surface area contributed by atoms with E-state index in [1.165, 1.54) is 23.9 Å². The summed E-state index contributed by atoms with van der Waals surface area (Å²) in [5, 5.41) is 5.71. The number of aryl methyl sites for hydroxylation is 1. The summed E-state index contributed by atoms with van der Waals surface area (Å²) in [6.07, 6.45) is 3.48. The molecule has 1 aliphatic heterocycles. The molecule has 1 unspecified atom stereocenters. The van der Waals surface area contributed by atoms with Crippen LogP contribution in [0.25, 0.3) is 0 Å². The molecule has 0 aliphatic carbocycles. The largest absolute Gasteiger partial charge is 0.354 e. The van der Waals surface area contributed by atoms with E-state index >= 15 is 0 Å². The van der Waals surface area contributed by atoms with Gasteiger partial charge in [-0.25, -0.2) is 13.1 Å². The normalized spacial score (nSPS) is 18.3. The van der Waals surface area contributed by atoms with Crippen molar-refractivity contribution in [2.45, 2.75) is 23.8 Å². The summed E-state index contributed by atoms with van der Waals surface area (Å²) in [5.74, 6) is -0.314. The zero-order valence-electron chi connectivity index (χ0n) is 12.0. The van der Waals surface area contributed by atoms with Crippen LogP contribution in [0.5, 0.6) is 0 Å². The molecule has 1 amide bonds. The number of amides is 1. The molecule has 1 aromatic heterocycles. The van der Waals surface area contributed by atoms with Crippen LogP contribution in [0.15, 0.2) is 17.2 Å². The molecule has 0 radical (unpaired) electrons. The van der Waals surface area contributed by atoms with Crippen LogP contribution in [0.4, 0.5) is 0 Å². The molecule has 0 spiro atoms. The van der Waals surface area contributed by atoms with Gasteiger partial charge in [0.15, 0.2) is 0 Å². The molecule has 1 fully saturated rings. The Kier molecular flexibility index (Phi) is 6.21. The van der Waals surface area contributed by atoms with Crippen molar-refractivity contribution in [3.05, 3.63) is 18.0 Å². The Labute approximate surface area is 130 Å². The number of carbonyl (C=O) groups is 1. The molecule has 9 heteroatoms. The molecule has 120 valence electrons. The maximum atomic E-state index is 12.2. The number of rotatable bonds is 5. The third kappa shape index (κ3) is 4.19. The molecule has 0 saturated carbocycles. The van der Waals surface area contributed by atoms with Crippen molar-refractivity contribution in [1.29, 1.82) is 0 Å². The van der Waals surface area contributed by atoms with Crippen LogP contribution < -0.4 is 15.4 Å². The van der Waals surface area contributed by atoms with E-state index in [4.69, 9.17) is 0 Å². The first-order valence-corrected chi connectivity index (χ1v) is 8.04. The lowest BCUT2D eigenvalue weighted by molar-refractivity contribution is 0.0955. The van der Waals surface area contributed by atoms with E-state index in [-0.39, 0.29) is 29.3 Å². The topological polar surface area (TPSA) is 92.2 Å². The summed E-state index contributed by atoms with van der Waals surface area (Å²) in [6, 6.07) is 1.57. The van der Waals surface area contributed by atoms with Gasteiger partial charge in [-0.1, -0.05) is 0 Å². The second-order valence-electron chi connectivity index (χ2n) is 4.90. The Morgan fingerprint density at radius 2 is 2.24 bits per heavy atom. The highest BCUT2D eigenvalue weighted by Gasteiger charge is 2.22. The summed E-state index contributed by atoms with van der Waals surface area (Å²) in [5.41, 5.74) is 0.312. The van der Waals surface area contributed by atoms with Gasteiger partial charge in [0.25, 0.3) is 5.91 Å². The SMILES string of the molecule is CNC(=O)c1cc(S(=O)(=O)NCC2CCCN2)cn1C.Cl. The molecule has 1 aromatic rings. The average molecular weight is 337 g/mol. The lowest BCUT2D eigenvalue weighted by atomic mass is 10.2. The van der Waals surface area contributed by atoms with Crippen molar-refractivity contribution >= 4 is 28.3 Å². The minimum atomic E-state index is -3.58. The number of hydrogen-bond acceptors (Lipinski definition) is 4. The standard InChI is InChI=1S/C12H20N4O3S.ClH/c1-13-12(17)11-6-10(8-16(11)2)20(18,19)15-7-9-4-3-5-14-9;/h6,8-9,14-15H,3-5,7H2,1-2H3,(H,13,17);1H. The van der Waals surface area contributed by atoms with E-state index in [1.807, 2.05) is 0 Å². The van der Waals surface area contributed by atoms with Crippen LogP contribution in [0.1, 0.15) is 23.3 Å². The third-order valence-corrected chi connectivity index (χ3v) is 4.82. The highest BCUT2D eigenvalue weighted by atomic mass is 35.5. The molecule has 7 nitrogen and oxygen atoms in total. The first-order valence-electron chi connectivity index (χ1n) is 6.55. The molecule has 2 heterocycles. The Balaban J connectivity index is 0.00000220.